The molecule has 1 aliphatic heterocycles. The molecule has 8 heteroatoms. The van der Waals surface area contributed by atoms with Crippen LogP contribution in [0, 0.1) is 5.82 Å². The molecule has 0 saturated carbocycles. The minimum Gasteiger partial charge on any atom is -0.326 e. The smallest absolute Gasteiger partial charge is 0.246 e. The first-order valence-corrected chi connectivity index (χ1v) is 8.03. The summed E-state index contributed by atoms with van der Waals surface area (Å²) >= 11 is 0. The molecule has 0 radical (unpaired) electrons. The Morgan fingerprint density at radius 1 is 1.43 bits per heavy atom. The quantitative estimate of drug-likeness (QED) is 0.860. The highest BCUT2D eigenvalue weighted by atomic mass is 32.2. The molecule has 2 N–H and O–H groups in total. The molecule has 0 bridgehead atoms. The number of nitrogens with one attached hydrogen (secondary N) is 2. The first kappa shape index (κ1) is 15.9. The molecule has 1 heterocycles. The lowest BCUT2D eigenvalue weighted by molar-refractivity contribution is -0.114. The Bertz CT molecular complexity index is 648. The maximum absolute atomic E-state index is 14.1. The number of rotatable bonds is 4. The van der Waals surface area contributed by atoms with Crippen LogP contribution in [0.1, 0.15) is 13.3 Å². The molecule has 0 spiro atoms. The number of hydrogen-bond acceptors (Lipinski definition) is 4. The highest BCUT2D eigenvalue weighted by Gasteiger charge is 2.33. The summed E-state index contributed by atoms with van der Waals surface area (Å²) in [5, 5.41) is 5.43. The summed E-state index contributed by atoms with van der Waals surface area (Å²) in [5.74, 6) is -1.21. The van der Waals surface area contributed by atoms with Crippen LogP contribution in [0.5, 0.6) is 0 Å². The Labute approximate surface area is 123 Å². The highest BCUT2D eigenvalue weighted by molar-refractivity contribution is 7.89. The van der Waals surface area contributed by atoms with Crippen LogP contribution in [0.15, 0.2) is 23.1 Å². The van der Waals surface area contributed by atoms with Crippen molar-refractivity contribution in [1.29, 1.82) is 0 Å². The number of amides is 1. The standard InChI is InChI=1S/C13H18FN3O3S/c1-9(18)16-10-3-4-13(12(14)7-10)21(19,20)17-6-5-11(8-17)15-2/h3-4,7,11,15H,5-6,8H2,1-2H3,(H,16,18). The van der Waals surface area contributed by atoms with Crippen molar-refractivity contribution >= 4 is 21.6 Å². The summed E-state index contributed by atoms with van der Waals surface area (Å²) < 4.78 is 40.2. The molecule has 2 rings (SSSR count). The van der Waals surface area contributed by atoms with Crippen LogP contribution in [0.3, 0.4) is 0 Å². The van der Waals surface area contributed by atoms with E-state index in [1.807, 2.05) is 0 Å². The zero-order valence-corrected chi connectivity index (χ0v) is 12.7. The van der Waals surface area contributed by atoms with E-state index < -0.39 is 15.8 Å². The van der Waals surface area contributed by atoms with E-state index in [1.165, 1.54) is 23.4 Å². The summed E-state index contributed by atoms with van der Waals surface area (Å²) in [6.07, 6.45) is 0.696. The maximum atomic E-state index is 14.1. The van der Waals surface area contributed by atoms with Gasteiger partial charge in [0.1, 0.15) is 10.7 Å². The third-order valence-electron chi connectivity index (χ3n) is 3.43. The fourth-order valence-electron chi connectivity index (χ4n) is 2.31. The average Bonchev–Trinajstić information content (AvgIpc) is 2.87. The topological polar surface area (TPSA) is 78.5 Å². The van der Waals surface area contributed by atoms with E-state index in [1.54, 1.807) is 7.05 Å². The fourth-order valence-corrected chi connectivity index (χ4v) is 3.86. The zero-order chi connectivity index (χ0) is 15.6. The molecule has 1 fully saturated rings. The van der Waals surface area contributed by atoms with Crippen LogP contribution < -0.4 is 10.6 Å². The number of hydrogen-bond donors (Lipinski definition) is 2. The Morgan fingerprint density at radius 3 is 2.67 bits per heavy atom. The lowest BCUT2D eigenvalue weighted by Crippen LogP contribution is -2.33. The predicted octanol–water partition coefficient (Wildman–Crippen LogP) is 0.767. The second-order valence-electron chi connectivity index (χ2n) is 4.96. The van der Waals surface area contributed by atoms with Gasteiger partial charge in [-0.1, -0.05) is 0 Å². The average molecular weight is 315 g/mol. The molecule has 1 aromatic carbocycles. The van der Waals surface area contributed by atoms with Crippen molar-refractivity contribution in [1.82, 2.24) is 9.62 Å². The van der Waals surface area contributed by atoms with Crippen LogP contribution in [-0.4, -0.2) is 44.8 Å². The third kappa shape index (κ3) is 3.39. The van der Waals surface area contributed by atoms with Gasteiger partial charge in [-0.2, -0.15) is 4.31 Å². The maximum Gasteiger partial charge on any atom is 0.246 e. The van der Waals surface area contributed by atoms with Crippen molar-refractivity contribution in [2.24, 2.45) is 0 Å². The van der Waals surface area contributed by atoms with Crippen molar-refractivity contribution in [3.8, 4) is 0 Å². The van der Waals surface area contributed by atoms with E-state index >= 15 is 0 Å². The van der Waals surface area contributed by atoms with E-state index in [4.69, 9.17) is 0 Å². The molecule has 0 aromatic heterocycles. The summed E-state index contributed by atoms with van der Waals surface area (Å²) in [6.45, 7) is 1.98. The van der Waals surface area contributed by atoms with Crippen LogP contribution in [0.25, 0.3) is 0 Å². The number of likely N-dealkylation sites (N-methyl/N-ethyl adjacent to an activating group) is 1. The van der Waals surface area contributed by atoms with Gasteiger partial charge in [0, 0.05) is 31.7 Å². The highest BCUT2D eigenvalue weighted by Crippen LogP contribution is 2.25. The second kappa shape index (κ2) is 6.08. The summed E-state index contributed by atoms with van der Waals surface area (Å²) in [5.41, 5.74) is 0.230. The first-order chi connectivity index (χ1) is 9.84. The Morgan fingerprint density at radius 2 is 2.14 bits per heavy atom. The molecule has 116 valence electrons. The number of carbonyl (C=O) groups excluding carboxylic acids is 1. The number of benzene rings is 1. The van der Waals surface area contributed by atoms with Gasteiger partial charge in [0.15, 0.2) is 0 Å². The van der Waals surface area contributed by atoms with Gasteiger partial charge in [0.25, 0.3) is 0 Å². The predicted molar refractivity (Wildman–Crippen MR) is 76.9 cm³/mol. The van der Waals surface area contributed by atoms with Crippen LogP contribution in [-0.2, 0) is 14.8 Å². The van der Waals surface area contributed by atoms with Crippen LogP contribution in [0.2, 0.25) is 0 Å². The minimum absolute atomic E-state index is 0.0847. The van der Waals surface area contributed by atoms with Crippen molar-refractivity contribution in [3.05, 3.63) is 24.0 Å². The molecule has 21 heavy (non-hydrogen) atoms. The third-order valence-corrected chi connectivity index (χ3v) is 5.33. The zero-order valence-electron chi connectivity index (χ0n) is 11.9. The molecule has 1 unspecified atom stereocenters. The number of halogens is 1. The molecule has 6 nitrogen and oxygen atoms in total. The minimum atomic E-state index is -3.85. The number of anilines is 1. The summed E-state index contributed by atoms with van der Waals surface area (Å²) in [4.78, 5) is 10.6. The largest absolute Gasteiger partial charge is 0.326 e. The van der Waals surface area contributed by atoms with Gasteiger partial charge in [-0.3, -0.25) is 4.79 Å². The van der Waals surface area contributed by atoms with Gasteiger partial charge in [-0.15, -0.1) is 0 Å². The normalized spacial score (nSPS) is 19.7. The lowest BCUT2D eigenvalue weighted by Gasteiger charge is -2.17. The lowest BCUT2D eigenvalue weighted by atomic mass is 10.3. The van der Waals surface area contributed by atoms with Crippen LogP contribution in [0.4, 0.5) is 10.1 Å². The summed E-state index contributed by atoms with van der Waals surface area (Å²) in [6, 6.07) is 3.66. The number of nitrogens with zero attached hydrogens (tertiary/aromatic N) is 1. The van der Waals surface area contributed by atoms with Gasteiger partial charge in [0.2, 0.25) is 15.9 Å². The van der Waals surface area contributed by atoms with E-state index in [9.17, 15) is 17.6 Å². The number of sulfonamides is 1. The van der Waals surface area contributed by atoms with Crippen molar-refractivity contribution in [3.63, 3.8) is 0 Å². The Hall–Kier alpha value is -1.51. The molecule has 0 aliphatic carbocycles. The van der Waals surface area contributed by atoms with Crippen LogP contribution >= 0.6 is 0 Å². The Balaban J connectivity index is 2.26. The summed E-state index contributed by atoms with van der Waals surface area (Å²) in [7, 11) is -2.08. The van der Waals surface area contributed by atoms with Gasteiger partial charge in [0.05, 0.1) is 0 Å². The monoisotopic (exact) mass is 315 g/mol. The second-order valence-corrected chi connectivity index (χ2v) is 6.87. The van der Waals surface area contributed by atoms with Gasteiger partial charge in [-0.05, 0) is 31.7 Å². The number of carbonyl (C=O) groups is 1. The van der Waals surface area contributed by atoms with Gasteiger partial charge >= 0.3 is 0 Å². The van der Waals surface area contributed by atoms with Crippen molar-refractivity contribution in [2.45, 2.75) is 24.3 Å². The molecule has 1 aromatic rings. The molecular formula is C13H18FN3O3S. The van der Waals surface area contributed by atoms with E-state index in [2.05, 4.69) is 10.6 Å². The molecule has 1 aliphatic rings. The first-order valence-electron chi connectivity index (χ1n) is 6.59. The molecular weight excluding hydrogens is 297 g/mol. The molecule has 1 saturated heterocycles. The Kier molecular flexibility index (Phi) is 4.60. The van der Waals surface area contributed by atoms with Gasteiger partial charge in [-0.25, -0.2) is 12.8 Å². The molecule has 1 atom stereocenters. The van der Waals surface area contributed by atoms with Crippen molar-refractivity contribution in [2.75, 3.05) is 25.5 Å². The fraction of sp³-hybridized carbons (Fsp3) is 0.462. The van der Waals surface area contributed by atoms with Gasteiger partial charge < -0.3 is 10.6 Å². The van der Waals surface area contributed by atoms with E-state index in [0.29, 0.717) is 19.5 Å². The van der Waals surface area contributed by atoms with E-state index in [0.717, 1.165) is 6.07 Å². The van der Waals surface area contributed by atoms with Crippen molar-refractivity contribution < 1.29 is 17.6 Å². The SMILES string of the molecule is CNC1CCN(S(=O)(=O)c2ccc(NC(C)=O)cc2F)C1. The van der Waals surface area contributed by atoms with E-state index in [-0.39, 0.29) is 22.5 Å². The molecule has 1 amide bonds.